The van der Waals surface area contributed by atoms with E-state index >= 15 is 0 Å². The number of rotatable bonds is 2. The minimum Gasteiger partial charge on any atom is -0.475 e. The van der Waals surface area contributed by atoms with Gasteiger partial charge in [0.05, 0.1) is 17.3 Å². The molecule has 1 aliphatic rings. The molecule has 2 rings (SSSR count). The van der Waals surface area contributed by atoms with Crippen LogP contribution in [0.5, 0.6) is 0 Å². The molecule has 0 saturated heterocycles. The third-order valence-electron chi connectivity index (χ3n) is 2.27. The number of benzene rings is 1. The van der Waals surface area contributed by atoms with E-state index < -0.39 is 0 Å². The van der Waals surface area contributed by atoms with Crippen LogP contribution < -0.4 is 5.32 Å². The molecular formula is C12H14N2O2. The fourth-order valence-corrected chi connectivity index (χ4v) is 1.59. The lowest BCUT2D eigenvalue weighted by Crippen LogP contribution is -2.11. The molecule has 0 bridgehead atoms. The van der Waals surface area contributed by atoms with Crippen LogP contribution in [0.1, 0.15) is 19.4 Å². The van der Waals surface area contributed by atoms with E-state index in [0.29, 0.717) is 12.5 Å². The predicted molar refractivity (Wildman–Crippen MR) is 62.7 cm³/mol. The van der Waals surface area contributed by atoms with Gasteiger partial charge in [0, 0.05) is 6.92 Å². The van der Waals surface area contributed by atoms with Gasteiger partial charge in [-0.05, 0) is 19.1 Å². The number of carbonyl (C=O) groups excluding carboxylic acids is 1. The Morgan fingerprint density at radius 1 is 1.50 bits per heavy atom. The van der Waals surface area contributed by atoms with Gasteiger partial charge in [-0.25, -0.2) is 4.99 Å². The Labute approximate surface area is 94.3 Å². The quantitative estimate of drug-likeness (QED) is 0.823. The van der Waals surface area contributed by atoms with Crippen molar-refractivity contribution in [2.75, 3.05) is 11.9 Å². The van der Waals surface area contributed by atoms with Gasteiger partial charge in [-0.1, -0.05) is 12.1 Å². The van der Waals surface area contributed by atoms with Crippen LogP contribution in [0.2, 0.25) is 0 Å². The normalized spacial score (nSPS) is 18.9. The Morgan fingerprint density at radius 2 is 2.25 bits per heavy atom. The molecule has 0 saturated carbocycles. The van der Waals surface area contributed by atoms with Crippen LogP contribution in [0.3, 0.4) is 0 Å². The average molecular weight is 218 g/mol. The van der Waals surface area contributed by atoms with Gasteiger partial charge in [-0.3, -0.25) is 4.79 Å². The highest BCUT2D eigenvalue weighted by atomic mass is 16.5. The maximum absolute atomic E-state index is 11.1. The van der Waals surface area contributed by atoms with Crippen LogP contribution >= 0.6 is 0 Å². The number of carbonyl (C=O) groups is 1. The maximum Gasteiger partial charge on any atom is 0.221 e. The van der Waals surface area contributed by atoms with Gasteiger partial charge in [-0.15, -0.1) is 0 Å². The minimum absolute atomic E-state index is 0.0981. The summed E-state index contributed by atoms with van der Waals surface area (Å²) in [6.45, 7) is 4.08. The second-order valence-corrected chi connectivity index (χ2v) is 3.82. The molecule has 1 aromatic carbocycles. The lowest BCUT2D eigenvalue weighted by Gasteiger charge is -2.08. The molecular weight excluding hydrogens is 204 g/mol. The van der Waals surface area contributed by atoms with Gasteiger partial charge >= 0.3 is 0 Å². The Hall–Kier alpha value is -1.84. The molecule has 0 fully saturated rings. The molecule has 1 atom stereocenters. The largest absolute Gasteiger partial charge is 0.475 e. The first-order valence-electron chi connectivity index (χ1n) is 5.24. The highest BCUT2D eigenvalue weighted by Gasteiger charge is 2.18. The van der Waals surface area contributed by atoms with Crippen molar-refractivity contribution in [3.05, 3.63) is 29.8 Å². The van der Waals surface area contributed by atoms with E-state index in [-0.39, 0.29) is 11.9 Å². The summed E-state index contributed by atoms with van der Waals surface area (Å²) in [6, 6.07) is 7.68. The zero-order chi connectivity index (χ0) is 11.5. The van der Waals surface area contributed by atoms with Gasteiger partial charge in [0.25, 0.3) is 0 Å². The van der Waals surface area contributed by atoms with Gasteiger partial charge in [0.1, 0.15) is 6.61 Å². The lowest BCUT2D eigenvalue weighted by molar-refractivity contribution is -0.114. The number of anilines is 1. The topological polar surface area (TPSA) is 50.7 Å². The summed E-state index contributed by atoms with van der Waals surface area (Å²) in [5.74, 6) is 0.510. The number of nitrogens with zero attached hydrogens (tertiary/aromatic N) is 1. The first-order chi connectivity index (χ1) is 7.66. The van der Waals surface area contributed by atoms with Crippen LogP contribution in [-0.2, 0) is 9.53 Å². The number of aliphatic imine (C=N–C) groups is 1. The van der Waals surface area contributed by atoms with Crippen LogP contribution in [0.15, 0.2) is 29.3 Å². The molecule has 0 radical (unpaired) electrons. The SMILES string of the molecule is CC(=O)Nc1ccccc1C1=N[C@@H](C)CO1. The van der Waals surface area contributed by atoms with Crippen molar-refractivity contribution in [2.45, 2.75) is 19.9 Å². The van der Waals surface area contributed by atoms with Gasteiger partial charge < -0.3 is 10.1 Å². The second-order valence-electron chi connectivity index (χ2n) is 3.82. The van der Waals surface area contributed by atoms with Crippen LogP contribution in [0.4, 0.5) is 5.69 Å². The van der Waals surface area contributed by atoms with Crippen molar-refractivity contribution in [1.82, 2.24) is 0 Å². The van der Waals surface area contributed by atoms with Gasteiger partial charge in [0.2, 0.25) is 11.8 Å². The van der Waals surface area contributed by atoms with E-state index in [1.165, 1.54) is 6.92 Å². The van der Waals surface area contributed by atoms with Crippen molar-refractivity contribution in [3.63, 3.8) is 0 Å². The highest BCUT2D eigenvalue weighted by molar-refractivity contribution is 6.03. The molecule has 1 amide bonds. The van der Waals surface area contributed by atoms with E-state index in [0.717, 1.165) is 11.3 Å². The first kappa shape index (κ1) is 10.7. The monoisotopic (exact) mass is 218 g/mol. The van der Waals surface area contributed by atoms with Gasteiger partial charge in [-0.2, -0.15) is 0 Å². The Balaban J connectivity index is 2.33. The molecule has 0 unspecified atom stereocenters. The third-order valence-corrected chi connectivity index (χ3v) is 2.27. The highest BCUT2D eigenvalue weighted by Crippen LogP contribution is 2.20. The summed E-state index contributed by atoms with van der Waals surface area (Å²) in [7, 11) is 0. The van der Waals surface area contributed by atoms with E-state index in [1.54, 1.807) is 0 Å². The number of hydrogen-bond donors (Lipinski definition) is 1. The van der Waals surface area contributed by atoms with Crippen molar-refractivity contribution in [2.24, 2.45) is 4.99 Å². The number of para-hydroxylation sites is 1. The zero-order valence-electron chi connectivity index (χ0n) is 9.36. The molecule has 1 heterocycles. The van der Waals surface area contributed by atoms with E-state index in [1.807, 2.05) is 31.2 Å². The summed E-state index contributed by atoms with van der Waals surface area (Å²) >= 11 is 0. The van der Waals surface area contributed by atoms with Crippen molar-refractivity contribution in [3.8, 4) is 0 Å². The third kappa shape index (κ3) is 2.21. The molecule has 0 spiro atoms. The second kappa shape index (κ2) is 4.35. The molecule has 0 aromatic heterocycles. The molecule has 1 N–H and O–H groups in total. The maximum atomic E-state index is 11.1. The molecule has 4 nitrogen and oxygen atoms in total. The van der Waals surface area contributed by atoms with Crippen LogP contribution in [0, 0.1) is 0 Å². The number of amides is 1. The molecule has 1 aromatic rings. The average Bonchev–Trinajstić information content (AvgIpc) is 2.65. The van der Waals surface area contributed by atoms with Crippen molar-refractivity contribution in [1.29, 1.82) is 0 Å². The van der Waals surface area contributed by atoms with Crippen molar-refractivity contribution < 1.29 is 9.53 Å². The number of nitrogens with one attached hydrogen (secondary N) is 1. The van der Waals surface area contributed by atoms with E-state index in [9.17, 15) is 4.79 Å². The number of hydrogen-bond acceptors (Lipinski definition) is 3. The zero-order valence-corrected chi connectivity index (χ0v) is 9.36. The Kier molecular flexibility index (Phi) is 2.90. The molecule has 4 heteroatoms. The van der Waals surface area contributed by atoms with Crippen LogP contribution in [-0.4, -0.2) is 24.5 Å². The predicted octanol–water partition coefficient (Wildman–Crippen LogP) is 1.81. The van der Waals surface area contributed by atoms with E-state index in [2.05, 4.69) is 10.3 Å². The smallest absolute Gasteiger partial charge is 0.221 e. The van der Waals surface area contributed by atoms with E-state index in [4.69, 9.17) is 4.74 Å². The molecule has 16 heavy (non-hydrogen) atoms. The number of ether oxygens (including phenoxy) is 1. The molecule has 84 valence electrons. The molecule has 0 aliphatic carbocycles. The van der Waals surface area contributed by atoms with Crippen molar-refractivity contribution >= 4 is 17.5 Å². The molecule has 1 aliphatic heterocycles. The summed E-state index contributed by atoms with van der Waals surface area (Å²) in [5, 5.41) is 2.77. The standard InChI is InChI=1S/C12H14N2O2/c1-8-7-16-12(13-8)10-5-3-4-6-11(10)14-9(2)15/h3-6,8H,7H2,1-2H3,(H,14,15)/t8-/m0/s1. The fourth-order valence-electron chi connectivity index (χ4n) is 1.59. The minimum atomic E-state index is -0.0981. The fraction of sp³-hybridized carbons (Fsp3) is 0.333. The Morgan fingerprint density at radius 3 is 2.88 bits per heavy atom. The van der Waals surface area contributed by atoms with Crippen LogP contribution in [0.25, 0.3) is 0 Å². The Bertz CT molecular complexity index is 440. The lowest BCUT2D eigenvalue weighted by atomic mass is 10.1. The summed E-state index contributed by atoms with van der Waals surface area (Å²) in [6.07, 6.45) is 0. The first-order valence-corrected chi connectivity index (χ1v) is 5.24. The summed E-state index contributed by atoms with van der Waals surface area (Å²) in [4.78, 5) is 15.4. The summed E-state index contributed by atoms with van der Waals surface area (Å²) in [5.41, 5.74) is 1.57. The van der Waals surface area contributed by atoms with Gasteiger partial charge in [0.15, 0.2) is 0 Å². The summed E-state index contributed by atoms with van der Waals surface area (Å²) < 4.78 is 5.47.